The zero-order valence-corrected chi connectivity index (χ0v) is 31.3. The average molecular weight is 712 g/mol. The average Bonchev–Trinajstić information content (AvgIpc) is 3.79. The van der Waals surface area contributed by atoms with Crippen molar-refractivity contribution in [1.82, 2.24) is 34.8 Å². The van der Waals surface area contributed by atoms with Gasteiger partial charge in [-0.3, -0.25) is 19.4 Å². The molecular weight excluding hydrogens is 654 g/mol. The van der Waals surface area contributed by atoms with E-state index in [2.05, 4.69) is 53.6 Å². The van der Waals surface area contributed by atoms with E-state index in [-0.39, 0.29) is 41.5 Å². The van der Waals surface area contributed by atoms with E-state index in [1.165, 1.54) is 31.4 Å². The number of carboxylic acid groups (broad SMARTS) is 1. The summed E-state index contributed by atoms with van der Waals surface area (Å²) in [7, 11) is 7.23. The summed E-state index contributed by atoms with van der Waals surface area (Å²) in [6.45, 7) is 9.86. The maximum atomic E-state index is 12.6. The van der Waals surface area contributed by atoms with Gasteiger partial charge in [-0.15, -0.1) is 0 Å². The van der Waals surface area contributed by atoms with Crippen LogP contribution in [0.4, 0.5) is 11.6 Å². The molecule has 0 unspecified atom stereocenters. The van der Waals surface area contributed by atoms with Crippen LogP contribution >= 0.6 is 0 Å². The van der Waals surface area contributed by atoms with Crippen molar-refractivity contribution in [1.29, 1.82) is 0 Å². The Bertz CT molecular complexity index is 1450. The lowest BCUT2D eigenvalue weighted by molar-refractivity contribution is -0.0761. The number of aromatic nitrogens is 4. The SMILES string of the molecule is CON(C)C(=O)c1cc(N2CCCCC2)nc(O[C@@H](C)[C@@H]2CCCN2C)n1.C[C@H](Oc1nc(C(=O)O)cc(N2CCCCC2)n1)[C@@H]1CCCN1C. The summed E-state index contributed by atoms with van der Waals surface area (Å²) in [5, 5.41) is 10.5. The fourth-order valence-electron chi connectivity index (χ4n) is 7.51. The summed E-state index contributed by atoms with van der Waals surface area (Å²) >= 11 is 0. The molecule has 4 aliphatic heterocycles. The minimum absolute atomic E-state index is 0.00690. The number of likely N-dealkylation sites (tertiary alicyclic amines) is 2. The molecule has 4 atom stereocenters. The smallest absolute Gasteiger partial charge is 0.354 e. The quantitative estimate of drug-likeness (QED) is 0.335. The first-order valence-corrected chi connectivity index (χ1v) is 18.6. The van der Waals surface area contributed by atoms with Gasteiger partial charge in [0.1, 0.15) is 29.5 Å². The topological polar surface area (TPSA) is 150 Å². The Hall–Kier alpha value is -3.82. The highest BCUT2D eigenvalue weighted by Crippen LogP contribution is 2.26. The molecule has 0 radical (unpaired) electrons. The van der Waals surface area contributed by atoms with Gasteiger partial charge >= 0.3 is 18.0 Å². The number of carbonyl (C=O) groups is 2. The van der Waals surface area contributed by atoms with Crippen LogP contribution in [-0.2, 0) is 4.84 Å². The molecule has 2 aromatic heterocycles. The minimum Gasteiger partial charge on any atom is -0.477 e. The first-order valence-electron chi connectivity index (χ1n) is 18.6. The Morgan fingerprint density at radius 1 is 0.706 bits per heavy atom. The van der Waals surface area contributed by atoms with Crippen LogP contribution in [0.5, 0.6) is 12.0 Å². The molecule has 0 spiro atoms. The maximum Gasteiger partial charge on any atom is 0.354 e. The lowest BCUT2D eigenvalue weighted by atomic mass is 10.1. The fraction of sp³-hybridized carbons (Fsp3) is 0.722. The van der Waals surface area contributed by atoms with Gasteiger partial charge in [0.15, 0.2) is 5.69 Å². The second-order valence-corrected chi connectivity index (χ2v) is 14.2. The van der Waals surface area contributed by atoms with Crippen molar-refractivity contribution in [2.24, 2.45) is 0 Å². The van der Waals surface area contributed by atoms with Gasteiger partial charge in [0.25, 0.3) is 5.91 Å². The number of anilines is 2. The Morgan fingerprint density at radius 2 is 1.14 bits per heavy atom. The van der Waals surface area contributed by atoms with E-state index < -0.39 is 5.97 Å². The first-order chi connectivity index (χ1) is 24.5. The van der Waals surface area contributed by atoms with Crippen molar-refractivity contribution in [3.63, 3.8) is 0 Å². The predicted molar refractivity (Wildman–Crippen MR) is 194 cm³/mol. The van der Waals surface area contributed by atoms with Crippen LogP contribution in [0, 0.1) is 0 Å². The lowest BCUT2D eigenvalue weighted by Gasteiger charge is -2.29. The van der Waals surface area contributed by atoms with Crippen molar-refractivity contribution < 1.29 is 29.0 Å². The number of carboxylic acids is 1. The Morgan fingerprint density at radius 3 is 1.53 bits per heavy atom. The van der Waals surface area contributed by atoms with E-state index >= 15 is 0 Å². The van der Waals surface area contributed by atoms with Crippen LogP contribution in [0.25, 0.3) is 0 Å². The van der Waals surface area contributed by atoms with Gasteiger partial charge in [-0.25, -0.2) is 9.86 Å². The zero-order valence-electron chi connectivity index (χ0n) is 31.3. The van der Waals surface area contributed by atoms with Crippen molar-refractivity contribution in [2.45, 2.75) is 102 Å². The molecule has 0 aliphatic carbocycles. The first kappa shape index (κ1) is 38.4. The Kier molecular flexibility index (Phi) is 13.6. The molecule has 0 saturated carbocycles. The molecule has 282 valence electrons. The number of ether oxygens (including phenoxy) is 2. The van der Waals surface area contributed by atoms with Crippen LogP contribution in [0.2, 0.25) is 0 Å². The Labute approximate surface area is 302 Å². The van der Waals surface area contributed by atoms with Crippen molar-refractivity contribution in [2.75, 3.05) is 77.3 Å². The maximum absolute atomic E-state index is 12.6. The third-order valence-corrected chi connectivity index (χ3v) is 10.6. The fourth-order valence-corrected chi connectivity index (χ4v) is 7.51. The third-order valence-electron chi connectivity index (χ3n) is 10.6. The van der Waals surface area contributed by atoms with E-state index in [4.69, 9.17) is 14.3 Å². The molecule has 0 bridgehead atoms. The largest absolute Gasteiger partial charge is 0.477 e. The number of rotatable bonds is 11. The van der Waals surface area contributed by atoms with Gasteiger partial charge < -0.3 is 24.4 Å². The molecule has 51 heavy (non-hydrogen) atoms. The van der Waals surface area contributed by atoms with Crippen LogP contribution in [-0.4, -0.2) is 144 Å². The molecule has 4 saturated heterocycles. The summed E-state index contributed by atoms with van der Waals surface area (Å²) in [5.41, 5.74) is 0.282. The molecule has 2 aromatic rings. The van der Waals surface area contributed by atoms with Gasteiger partial charge in [-0.2, -0.15) is 19.9 Å². The normalized spacial score (nSPS) is 22.5. The van der Waals surface area contributed by atoms with Crippen molar-refractivity contribution in [3.05, 3.63) is 23.5 Å². The number of piperidine rings is 2. The summed E-state index contributed by atoms with van der Waals surface area (Å²) < 4.78 is 12.0. The van der Waals surface area contributed by atoms with Crippen LogP contribution in [0.3, 0.4) is 0 Å². The molecule has 15 heteroatoms. The van der Waals surface area contributed by atoms with E-state index in [1.807, 2.05) is 13.8 Å². The summed E-state index contributed by atoms with van der Waals surface area (Å²) in [5.74, 6) is 0.0448. The van der Waals surface area contributed by atoms with E-state index in [9.17, 15) is 14.7 Å². The highest BCUT2D eigenvalue weighted by Gasteiger charge is 2.30. The van der Waals surface area contributed by atoms with E-state index in [1.54, 1.807) is 19.2 Å². The number of hydrogen-bond acceptors (Lipinski definition) is 13. The van der Waals surface area contributed by atoms with Crippen LogP contribution < -0.4 is 19.3 Å². The number of aromatic carboxylic acids is 1. The van der Waals surface area contributed by atoms with Crippen molar-refractivity contribution >= 4 is 23.5 Å². The van der Waals surface area contributed by atoms with Gasteiger partial charge in [0, 0.05) is 57.4 Å². The van der Waals surface area contributed by atoms with Gasteiger partial charge in [-0.1, -0.05) is 0 Å². The van der Waals surface area contributed by atoms with E-state index in [0.29, 0.717) is 17.9 Å². The standard InChI is InChI=1S/C19H31N5O3.C17H26N4O3/c1-14(16-9-8-10-22(16)2)27-19-20-15(18(25)23(3)26-4)13-17(21-19)24-11-6-5-7-12-24;1-12(14-7-6-8-20(14)2)24-17-18-13(16(22)23)11-15(19-17)21-9-4-3-5-10-21/h13-14,16H,5-12H2,1-4H3;11-12,14H,3-10H2,1-2H3,(H,22,23)/t14-,16-;12-,14-/m00/s1. The van der Waals surface area contributed by atoms with Crippen LogP contribution in [0.15, 0.2) is 12.1 Å². The minimum atomic E-state index is -1.05. The molecule has 1 amide bonds. The summed E-state index contributed by atoms with van der Waals surface area (Å²) in [4.78, 5) is 55.5. The summed E-state index contributed by atoms with van der Waals surface area (Å²) in [6, 6.07) is 4.38. The number of likely N-dealkylation sites (N-methyl/N-ethyl adjacent to an activating group) is 2. The second-order valence-electron chi connectivity index (χ2n) is 14.2. The van der Waals surface area contributed by atoms with Gasteiger partial charge in [-0.05, 0) is 105 Å². The number of hydroxylamine groups is 2. The number of carbonyl (C=O) groups excluding carboxylic acids is 1. The molecule has 6 heterocycles. The molecule has 15 nitrogen and oxygen atoms in total. The summed E-state index contributed by atoms with van der Waals surface area (Å²) in [6.07, 6.45) is 11.3. The van der Waals surface area contributed by atoms with Gasteiger partial charge in [0.2, 0.25) is 0 Å². The van der Waals surface area contributed by atoms with Crippen LogP contribution in [0.1, 0.15) is 99.0 Å². The molecule has 4 fully saturated rings. The molecule has 4 aliphatic rings. The number of hydrogen-bond donors (Lipinski definition) is 1. The second kappa shape index (κ2) is 18.1. The highest BCUT2D eigenvalue weighted by atomic mass is 16.7. The van der Waals surface area contributed by atoms with E-state index in [0.717, 1.165) is 90.0 Å². The molecule has 1 N–H and O–H groups in total. The molecule has 0 aromatic carbocycles. The number of nitrogens with zero attached hydrogens (tertiary/aromatic N) is 9. The van der Waals surface area contributed by atoms with Gasteiger partial charge in [0.05, 0.1) is 7.11 Å². The highest BCUT2D eigenvalue weighted by molar-refractivity contribution is 5.92. The zero-order chi connectivity index (χ0) is 36.5. The third kappa shape index (κ3) is 10.2. The number of amides is 1. The predicted octanol–water partition coefficient (Wildman–Crippen LogP) is 3.99. The molecular formula is C36H57N9O6. The van der Waals surface area contributed by atoms with Crippen molar-refractivity contribution in [3.8, 4) is 12.0 Å². The Balaban J connectivity index is 0.000000199. The monoisotopic (exact) mass is 711 g/mol. The molecule has 6 rings (SSSR count). The lowest BCUT2D eigenvalue weighted by Crippen LogP contribution is -2.38.